The van der Waals surface area contributed by atoms with Crippen molar-refractivity contribution in [2.24, 2.45) is 0 Å². The number of sulfonamides is 1. The number of carbonyl (C=O) groups excluding carboxylic acids is 1. The minimum absolute atomic E-state index is 0.170. The van der Waals surface area contributed by atoms with Gasteiger partial charge in [0.1, 0.15) is 22.5 Å². The molecule has 1 amide bonds. The zero-order valence-corrected chi connectivity index (χ0v) is 20.0. The molecule has 1 aliphatic rings. The number of nitrogens with one attached hydrogen (secondary N) is 1. The van der Waals surface area contributed by atoms with Crippen LogP contribution in [0.3, 0.4) is 0 Å². The lowest BCUT2D eigenvalue weighted by atomic mass is 10.0. The Balaban J connectivity index is 1.53. The average molecular weight is 510 g/mol. The highest BCUT2D eigenvalue weighted by molar-refractivity contribution is 7.89. The molecule has 33 heavy (non-hydrogen) atoms. The number of anilines is 1. The van der Waals surface area contributed by atoms with Crippen LogP contribution in [0.1, 0.15) is 19.3 Å². The molecule has 174 valence electrons. The van der Waals surface area contributed by atoms with Crippen LogP contribution in [-0.2, 0) is 14.8 Å². The Kier molecular flexibility index (Phi) is 6.99. The van der Waals surface area contributed by atoms with Crippen molar-refractivity contribution in [1.29, 1.82) is 0 Å². The lowest BCUT2D eigenvalue weighted by molar-refractivity contribution is -0.120. The maximum Gasteiger partial charge on any atom is 0.245 e. The molecule has 1 aliphatic heterocycles. The monoisotopic (exact) mass is 509 g/mol. The topological polar surface area (TPSA) is 88.6 Å². The molecule has 0 bridgehead atoms. The lowest BCUT2D eigenvalue weighted by Crippen LogP contribution is -2.49. The Bertz CT molecular complexity index is 1260. The number of thiazole rings is 1. The summed E-state index contributed by atoms with van der Waals surface area (Å²) < 4.78 is 46.2. The molecular weight excluding hydrogens is 489 g/mol. The summed E-state index contributed by atoms with van der Waals surface area (Å²) in [6, 6.07) is 9.55. The molecular formula is C22H21ClFN3O4S2. The van der Waals surface area contributed by atoms with Crippen molar-refractivity contribution >= 4 is 44.0 Å². The average Bonchev–Trinajstić information content (AvgIpc) is 3.27. The van der Waals surface area contributed by atoms with Crippen molar-refractivity contribution in [2.75, 3.05) is 19.0 Å². The van der Waals surface area contributed by atoms with Crippen molar-refractivity contribution in [1.82, 2.24) is 9.29 Å². The van der Waals surface area contributed by atoms with Crippen molar-refractivity contribution in [3.05, 3.63) is 58.7 Å². The summed E-state index contributed by atoms with van der Waals surface area (Å²) in [6.07, 6.45) is 1.68. The van der Waals surface area contributed by atoms with E-state index in [1.54, 1.807) is 7.11 Å². The maximum absolute atomic E-state index is 13.4. The Hall–Kier alpha value is -2.53. The zero-order valence-electron chi connectivity index (χ0n) is 17.6. The molecule has 1 saturated heterocycles. The summed E-state index contributed by atoms with van der Waals surface area (Å²) in [5, 5.41) is 4.71. The van der Waals surface area contributed by atoms with Gasteiger partial charge in [-0.3, -0.25) is 4.79 Å². The molecule has 1 N–H and O–H groups in total. The van der Waals surface area contributed by atoms with Gasteiger partial charge in [-0.05, 0) is 55.3 Å². The van der Waals surface area contributed by atoms with E-state index in [1.165, 1.54) is 11.3 Å². The summed E-state index contributed by atoms with van der Waals surface area (Å²) in [7, 11) is -2.51. The number of carbonyl (C=O) groups is 1. The number of nitrogens with zero attached hydrogens (tertiary/aromatic N) is 2. The SMILES string of the molecule is COc1ccc(-c2csc(NC(=O)[C@H]3CCCCN3S(=O)(=O)c3ccc(F)cc3Cl)n2)cc1. The van der Waals surface area contributed by atoms with Gasteiger partial charge in [-0.15, -0.1) is 11.3 Å². The zero-order chi connectivity index (χ0) is 23.6. The highest BCUT2D eigenvalue weighted by Crippen LogP contribution is 2.31. The number of aromatic nitrogens is 1. The first-order valence-corrected chi connectivity index (χ1v) is 12.9. The number of halogens is 2. The van der Waals surface area contributed by atoms with E-state index < -0.39 is 27.8 Å². The van der Waals surface area contributed by atoms with E-state index in [2.05, 4.69) is 10.3 Å². The minimum Gasteiger partial charge on any atom is -0.497 e. The maximum atomic E-state index is 13.4. The highest BCUT2D eigenvalue weighted by Gasteiger charge is 2.38. The molecule has 2 heterocycles. The Labute approximate surface area is 200 Å². The molecule has 0 aliphatic carbocycles. The number of ether oxygens (including phenoxy) is 1. The van der Waals surface area contributed by atoms with Crippen LogP contribution in [0.5, 0.6) is 5.75 Å². The van der Waals surface area contributed by atoms with Gasteiger partial charge in [0, 0.05) is 17.5 Å². The normalized spacial score (nSPS) is 17.0. The van der Waals surface area contributed by atoms with Gasteiger partial charge >= 0.3 is 0 Å². The smallest absolute Gasteiger partial charge is 0.245 e. The molecule has 1 fully saturated rings. The Morgan fingerprint density at radius 1 is 1.24 bits per heavy atom. The van der Waals surface area contributed by atoms with E-state index in [-0.39, 0.29) is 16.5 Å². The molecule has 0 spiro atoms. The molecule has 0 radical (unpaired) electrons. The number of benzene rings is 2. The van der Waals surface area contributed by atoms with Gasteiger partial charge in [0.05, 0.1) is 17.8 Å². The first-order valence-electron chi connectivity index (χ1n) is 10.2. The van der Waals surface area contributed by atoms with E-state index in [4.69, 9.17) is 16.3 Å². The molecule has 0 saturated carbocycles. The van der Waals surface area contributed by atoms with Crippen molar-refractivity contribution in [3.8, 4) is 17.0 Å². The molecule has 7 nitrogen and oxygen atoms in total. The van der Waals surface area contributed by atoms with Gasteiger partial charge in [-0.25, -0.2) is 17.8 Å². The van der Waals surface area contributed by atoms with Crippen molar-refractivity contribution in [3.63, 3.8) is 0 Å². The van der Waals surface area contributed by atoms with Crippen molar-refractivity contribution < 1.29 is 22.3 Å². The van der Waals surface area contributed by atoms with Crippen molar-refractivity contribution in [2.45, 2.75) is 30.2 Å². The van der Waals surface area contributed by atoms with Gasteiger partial charge in [-0.2, -0.15) is 4.31 Å². The number of hydrogen-bond donors (Lipinski definition) is 1. The Morgan fingerprint density at radius 3 is 2.70 bits per heavy atom. The van der Waals surface area contributed by atoms with Crippen LogP contribution >= 0.6 is 22.9 Å². The van der Waals surface area contributed by atoms with E-state index in [9.17, 15) is 17.6 Å². The number of amides is 1. The molecule has 0 unspecified atom stereocenters. The van der Waals surface area contributed by atoms with Gasteiger partial charge in [0.2, 0.25) is 15.9 Å². The fourth-order valence-electron chi connectivity index (χ4n) is 3.68. The van der Waals surface area contributed by atoms with Crippen LogP contribution in [-0.4, -0.2) is 43.3 Å². The third kappa shape index (κ3) is 5.03. The summed E-state index contributed by atoms with van der Waals surface area (Å²) >= 11 is 7.26. The third-order valence-electron chi connectivity index (χ3n) is 5.36. The lowest BCUT2D eigenvalue weighted by Gasteiger charge is -2.33. The number of rotatable bonds is 6. The molecule has 2 aromatic carbocycles. The summed E-state index contributed by atoms with van der Waals surface area (Å²) in [5.41, 5.74) is 1.55. The highest BCUT2D eigenvalue weighted by atomic mass is 35.5. The van der Waals surface area contributed by atoms with Gasteiger partial charge in [0.25, 0.3) is 0 Å². The number of hydrogen-bond acceptors (Lipinski definition) is 6. The third-order valence-corrected chi connectivity index (χ3v) is 8.51. The fourth-order valence-corrected chi connectivity index (χ4v) is 6.57. The van der Waals surface area contributed by atoms with Crippen LogP contribution in [0.2, 0.25) is 5.02 Å². The predicted octanol–water partition coefficient (Wildman–Crippen LogP) is 4.79. The van der Waals surface area contributed by atoms with Crippen LogP contribution in [0, 0.1) is 5.82 Å². The quantitative estimate of drug-likeness (QED) is 0.516. The second-order valence-corrected chi connectivity index (χ2v) is 10.6. The van der Waals surface area contributed by atoms with Crippen LogP contribution in [0.15, 0.2) is 52.7 Å². The summed E-state index contributed by atoms with van der Waals surface area (Å²) in [4.78, 5) is 17.3. The minimum atomic E-state index is -4.10. The largest absolute Gasteiger partial charge is 0.497 e. The second-order valence-electron chi connectivity index (χ2n) is 7.46. The van der Waals surface area contributed by atoms with E-state index in [0.29, 0.717) is 30.1 Å². The van der Waals surface area contributed by atoms with Gasteiger partial charge < -0.3 is 10.1 Å². The van der Waals surface area contributed by atoms with Crippen LogP contribution < -0.4 is 10.1 Å². The predicted molar refractivity (Wildman–Crippen MR) is 126 cm³/mol. The summed E-state index contributed by atoms with van der Waals surface area (Å²) in [5.74, 6) is -0.377. The molecule has 1 aromatic heterocycles. The van der Waals surface area contributed by atoms with E-state index in [1.807, 2.05) is 29.6 Å². The van der Waals surface area contributed by atoms with Gasteiger partial charge in [-0.1, -0.05) is 18.0 Å². The van der Waals surface area contributed by atoms with E-state index in [0.717, 1.165) is 33.8 Å². The Morgan fingerprint density at radius 2 is 2.00 bits per heavy atom. The molecule has 4 rings (SSSR count). The fraction of sp³-hybridized carbons (Fsp3) is 0.273. The molecule has 3 aromatic rings. The molecule has 1 atom stereocenters. The molecule has 11 heteroatoms. The first-order chi connectivity index (χ1) is 15.8. The number of methoxy groups -OCH3 is 1. The standard InChI is InChI=1S/C22H21ClFN3O4S2/c1-31-16-8-5-14(6-9-16)18-13-32-22(25-18)26-21(28)19-4-2-3-11-27(19)33(29,30)20-10-7-15(24)12-17(20)23/h5-10,12-13,19H,2-4,11H2,1H3,(H,25,26,28)/t19-/m1/s1. The first kappa shape index (κ1) is 23.6. The summed E-state index contributed by atoms with van der Waals surface area (Å²) in [6.45, 7) is 0.170. The van der Waals surface area contributed by atoms with Gasteiger partial charge in [0.15, 0.2) is 5.13 Å². The number of piperidine rings is 1. The van der Waals surface area contributed by atoms with E-state index >= 15 is 0 Å². The van der Waals surface area contributed by atoms with Crippen LogP contribution in [0.25, 0.3) is 11.3 Å². The van der Waals surface area contributed by atoms with Crippen LogP contribution in [0.4, 0.5) is 9.52 Å². The second kappa shape index (κ2) is 9.76.